The number of methoxy groups -OCH3 is 1. The quantitative estimate of drug-likeness (QED) is 0.238. The highest BCUT2D eigenvalue weighted by Gasteiger charge is 2.28. The van der Waals surface area contributed by atoms with E-state index < -0.39 is 31.5 Å². The standard InChI is InChI=1S/C21H17N3O7S/c1-30-19-13-15(14-22-23-21(25)16-7-3-2-4-8-16)11-12-18(19)31-32(28,29)20-10-6-5-9-17(20)24(26)27/h2-14H,1H3,(H,23,25)/b22-14-. The van der Waals surface area contributed by atoms with E-state index in [1.807, 2.05) is 0 Å². The Morgan fingerprint density at radius 3 is 2.41 bits per heavy atom. The predicted molar refractivity (Wildman–Crippen MR) is 115 cm³/mol. The summed E-state index contributed by atoms with van der Waals surface area (Å²) in [6, 6.07) is 17.6. The first-order valence-electron chi connectivity index (χ1n) is 9.06. The highest BCUT2D eigenvalue weighted by atomic mass is 32.2. The molecule has 0 atom stereocenters. The third-order valence-electron chi connectivity index (χ3n) is 4.13. The van der Waals surface area contributed by atoms with Gasteiger partial charge in [-0.1, -0.05) is 30.3 Å². The Balaban J connectivity index is 1.78. The summed E-state index contributed by atoms with van der Waals surface area (Å²) in [5.74, 6) is -0.522. The van der Waals surface area contributed by atoms with Crippen LogP contribution in [0.1, 0.15) is 15.9 Å². The second kappa shape index (κ2) is 9.71. The molecule has 0 saturated heterocycles. The molecule has 32 heavy (non-hydrogen) atoms. The van der Waals surface area contributed by atoms with Crippen LogP contribution < -0.4 is 14.3 Å². The second-order valence-corrected chi connectivity index (χ2v) is 7.75. The molecule has 0 heterocycles. The molecule has 0 fully saturated rings. The van der Waals surface area contributed by atoms with Gasteiger partial charge in [-0.3, -0.25) is 14.9 Å². The van der Waals surface area contributed by atoms with E-state index in [0.717, 1.165) is 12.1 Å². The van der Waals surface area contributed by atoms with Crippen molar-refractivity contribution in [2.45, 2.75) is 4.90 Å². The van der Waals surface area contributed by atoms with Gasteiger partial charge in [-0.15, -0.1) is 0 Å². The summed E-state index contributed by atoms with van der Waals surface area (Å²) in [7, 11) is -3.20. The molecular formula is C21H17N3O7S. The number of carbonyl (C=O) groups excluding carboxylic acids is 1. The third kappa shape index (κ3) is 5.26. The molecule has 11 heteroatoms. The minimum atomic E-state index is -4.51. The number of benzene rings is 3. The summed E-state index contributed by atoms with van der Waals surface area (Å²) >= 11 is 0. The van der Waals surface area contributed by atoms with Crippen LogP contribution in [0.3, 0.4) is 0 Å². The van der Waals surface area contributed by atoms with Crippen LogP contribution in [0.25, 0.3) is 0 Å². The number of rotatable bonds is 8. The fourth-order valence-electron chi connectivity index (χ4n) is 2.64. The van der Waals surface area contributed by atoms with E-state index in [-0.39, 0.29) is 11.5 Å². The molecule has 3 rings (SSSR count). The van der Waals surface area contributed by atoms with Crippen molar-refractivity contribution in [3.05, 3.63) is 94.0 Å². The van der Waals surface area contributed by atoms with E-state index >= 15 is 0 Å². The minimum Gasteiger partial charge on any atom is -0.493 e. The number of nitro benzene ring substituents is 1. The topological polar surface area (TPSA) is 137 Å². The van der Waals surface area contributed by atoms with Crippen molar-refractivity contribution in [1.82, 2.24) is 5.43 Å². The van der Waals surface area contributed by atoms with Gasteiger partial charge in [-0.25, -0.2) is 5.43 Å². The first kappa shape index (κ1) is 22.4. The molecule has 0 radical (unpaired) electrons. The fourth-order valence-corrected chi connectivity index (χ4v) is 3.74. The number of nitrogens with zero attached hydrogens (tertiary/aromatic N) is 2. The molecule has 3 aromatic rings. The van der Waals surface area contributed by atoms with Gasteiger partial charge >= 0.3 is 10.1 Å². The summed E-state index contributed by atoms with van der Waals surface area (Å²) in [6.45, 7) is 0. The zero-order valence-corrected chi connectivity index (χ0v) is 17.5. The average Bonchev–Trinajstić information content (AvgIpc) is 2.80. The number of hydrogen-bond acceptors (Lipinski definition) is 8. The average molecular weight is 455 g/mol. The van der Waals surface area contributed by atoms with Gasteiger partial charge in [0.15, 0.2) is 16.4 Å². The van der Waals surface area contributed by atoms with E-state index in [0.29, 0.717) is 11.1 Å². The van der Waals surface area contributed by atoms with Crippen LogP contribution in [-0.2, 0) is 10.1 Å². The van der Waals surface area contributed by atoms with Gasteiger partial charge in [0.2, 0.25) is 0 Å². The number of hydrogen-bond donors (Lipinski definition) is 1. The molecule has 0 bridgehead atoms. The summed E-state index contributed by atoms with van der Waals surface area (Å²) in [5, 5.41) is 15.0. The smallest absolute Gasteiger partial charge is 0.346 e. The molecule has 0 spiro atoms. The van der Waals surface area contributed by atoms with Crippen LogP contribution in [0.2, 0.25) is 0 Å². The number of ether oxygens (including phenoxy) is 1. The second-order valence-electron chi connectivity index (χ2n) is 6.24. The zero-order chi connectivity index (χ0) is 23.1. The van der Waals surface area contributed by atoms with E-state index in [1.165, 1.54) is 43.7 Å². The van der Waals surface area contributed by atoms with E-state index in [4.69, 9.17) is 8.92 Å². The Morgan fingerprint density at radius 1 is 1.03 bits per heavy atom. The molecule has 3 aromatic carbocycles. The SMILES string of the molecule is COc1cc(/C=N\NC(=O)c2ccccc2)ccc1OS(=O)(=O)c1ccccc1[N+](=O)[O-]. The molecule has 0 aromatic heterocycles. The van der Waals surface area contributed by atoms with Crippen molar-refractivity contribution in [3.8, 4) is 11.5 Å². The van der Waals surface area contributed by atoms with Crippen LogP contribution in [0, 0.1) is 10.1 Å². The lowest BCUT2D eigenvalue weighted by Gasteiger charge is -2.11. The van der Waals surface area contributed by atoms with E-state index in [2.05, 4.69) is 10.5 Å². The van der Waals surface area contributed by atoms with Crippen molar-refractivity contribution in [3.63, 3.8) is 0 Å². The summed E-state index contributed by atoms with van der Waals surface area (Å²) in [6.07, 6.45) is 1.34. The highest BCUT2D eigenvalue weighted by Crippen LogP contribution is 2.32. The minimum absolute atomic E-state index is 0.0468. The van der Waals surface area contributed by atoms with Crippen LogP contribution >= 0.6 is 0 Å². The van der Waals surface area contributed by atoms with Crippen molar-refractivity contribution in [1.29, 1.82) is 0 Å². The normalized spacial score (nSPS) is 11.2. The Labute approximate surface area is 183 Å². The van der Waals surface area contributed by atoms with Crippen LogP contribution in [-0.4, -0.2) is 32.6 Å². The molecule has 0 aliphatic heterocycles. The molecule has 1 N–H and O–H groups in total. The number of hydrazone groups is 1. The molecule has 0 aliphatic rings. The molecule has 0 aliphatic carbocycles. The monoisotopic (exact) mass is 455 g/mol. The van der Waals surface area contributed by atoms with Crippen molar-refractivity contribution >= 4 is 27.9 Å². The number of para-hydroxylation sites is 1. The van der Waals surface area contributed by atoms with Gasteiger partial charge in [0.05, 0.1) is 18.2 Å². The van der Waals surface area contributed by atoms with Crippen LogP contribution in [0.4, 0.5) is 5.69 Å². The zero-order valence-electron chi connectivity index (χ0n) is 16.7. The van der Waals surface area contributed by atoms with Crippen LogP contribution in [0.5, 0.6) is 11.5 Å². The number of carbonyl (C=O) groups is 1. The Bertz CT molecular complexity index is 1280. The third-order valence-corrected chi connectivity index (χ3v) is 5.42. The number of nitro groups is 1. The molecule has 164 valence electrons. The maximum atomic E-state index is 12.6. The molecule has 10 nitrogen and oxygen atoms in total. The Hall–Kier alpha value is -4.25. The van der Waals surface area contributed by atoms with E-state index in [9.17, 15) is 23.3 Å². The Morgan fingerprint density at radius 2 is 1.72 bits per heavy atom. The van der Waals surface area contributed by atoms with Gasteiger partial charge < -0.3 is 8.92 Å². The summed E-state index contributed by atoms with van der Waals surface area (Å²) in [4.78, 5) is 21.7. The summed E-state index contributed by atoms with van der Waals surface area (Å²) in [5.41, 5.74) is 2.68. The molecular weight excluding hydrogens is 438 g/mol. The maximum Gasteiger partial charge on any atom is 0.346 e. The number of amides is 1. The lowest BCUT2D eigenvalue weighted by Crippen LogP contribution is -2.17. The first-order valence-corrected chi connectivity index (χ1v) is 10.5. The van der Waals surface area contributed by atoms with Gasteiger partial charge in [-0.2, -0.15) is 13.5 Å². The molecule has 0 saturated carbocycles. The first-order chi connectivity index (χ1) is 15.3. The van der Waals surface area contributed by atoms with Crippen molar-refractivity contribution in [2.24, 2.45) is 5.10 Å². The molecule has 0 unspecified atom stereocenters. The highest BCUT2D eigenvalue weighted by molar-refractivity contribution is 7.87. The predicted octanol–water partition coefficient (Wildman–Crippen LogP) is 3.14. The van der Waals surface area contributed by atoms with Gasteiger partial charge in [0.25, 0.3) is 11.6 Å². The van der Waals surface area contributed by atoms with Gasteiger partial charge in [0.1, 0.15) is 0 Å². The van der Waals surface area contributed by atoms with Gasteiger partial charge in [-0.05, 0) is 42.0 Å². The van der Waals surface area contributed by atoms with Crippen molar-refractivity contribution < 1.29 is 27.1 Å². The summed E-state index contributed by atoms with van der Waals surface area (Å²) < 4.78 is 35.5. The fraction of sp³-hybridized carbons (Fsp3) is 0.0476. The molecule has 1 amide bonds. The van der Waals surface area contributed by atoms with Crippen LogP contribution in [0.15, 0.2) is 82.8 Å². The van der Waals surface area contributed by atoms with E-state index in [1.54, 1.807) is 30.3 Å². The van der Waals surface area contributed by atoms with Crippen molar-refractivity contribution in [2.75, 3.05) is 7.11 Å². The largest absolute Gasteiger partial charge is 0.493 e. The van der Waals surface area contributed by atoms with Gasteiger partial charge in [0, 0.05) is 11.6 Å². The number of nitrogens with one attached hydrogen (secondary N) is 1. The maximum absolute atomic E-state index is 12.6. The lowest BCUT2D eigenvalue weighted by molar-refractivity contribution is -0.387. The lowest BCUT2D eigenvalue weighted by atomic mass is 10.2. The Kier molecular flexibility index (Phi) is 6.80.